The van der Waals surface area contributed by atoms with Crippen molar-refractivity contribution in [3.8, 4) is 0 Å². The molecule has 1 N–H and O–H groups in total. The van der Waals surface area contributed by atoms with E-state index in [2.05, 4.69) is 5.10 Å². The SMILES string of the molecule is CCn1[nH]cc(C(=O)c2ccc3sc(=O)n(CC)c3c2C)c1=O. The Hall–Kier alpha value is -2.41. The summed E-state index contributed by atoms with van der Waals surface area (Å²) >= 11 is 1.17. The minimum Gasteiger partial charge on any atom is -0.302 e. The number of aromatic nitrogens is 3. The lowest BCUT2D eigenvalue weighted by molar-refractivity contribution is 0.103. The van der Waals surface area contributed by atoms with Gasteiger partial charge < -0.3 is 5.10 Å². The molecule has 0 saturated carbocycles. The summed E-state index contributed by atoms with van der Waals surface area (Å²) < 4.78 is 3.90. The second kappa shape index (κ2) is 5.66. The van der Waals surface area contributed by atoms with Gasteiger partial charge in [-0.05, 0) is 38.5 Å². The summed E-state index contributed by atoms with van der Waals surface area (Å²) in [7, 11) is 0. The van der Waals surface area contributed by atoms with Gasteiger partial charge in [0.15, 0.2) is 0 Å². The molecule has 2 heterocycles. The molecule has 0 fully saturated rings. The number of nitrogens with zero attached hydrogens (tertiary/aromatic N) is 2. The van der Waals surface area contributed by atoms with E-state index in [1.54, 1.807) is 16.7 Å². The fraction of sp³-hybridized carbons (Fsp3) is 0.312. The number of benzene rings is 1. The Kier molecular flexibility index (Phi) is 3.81. The van der Waals surface area contributed by atoms with E-state index in [1.807, 2.05) is 20.8 Å². The van der Waals surface area contributed by atoms with E-state index in [0.29, 0.717) is 18.7 Å². The van der Waals surface area contributed by atoms with Gasteiger partial charge in [-0.1, -0.05) is 11.3 Å². The molecule has 6 nitrogen and oxygen atoms in total. The molecule has 3 aromatic rings. The van der Waals surface area contributed by atoms with Gasteiger partial charge >= 0.3 is 4.87 Å². The predicted octanol–water partition coefficient (Wildman–Crippen LogP) is 2.13. The van der Waals surface area contributed by atoms with Crippen LogP contribution in [0.3, 0.4) is 0 Å². The summed E-state index contributed by atoms with van der Waals surface area (Å²) in [5, 5.41) is 2.79. The lowest BCUT2D eigenvalue weighted by Gasteiger charge is -2.07. The molecular weight excluding hydrogens is 314 g/mol. The predicted molar refractivity (Wildman–Crippen MR) is 90.7 cm³/mol. The third kappa shape index (κ3) is 2.28. The van der Waals surface area contributed by atoms with Crippen molar-refractivity contribution in [1.29, 1.82) is 0 Å². The number of hydrogen-bond acceptors (Lipinski definition) is 4. The van der Waals surface area contributed by atoms with Crippen molar-refractivity contribution < 1.29 is 4.79 Å². The zero-order chi connectivity index (χ0) is 16.7. The van der Waals surface area contributed by atoms with Crippen molar-refractivity contribution in [3.63, 3.8) is 0 Å². The molecule has 7 heteroatoms. The number of carbonyl (C=O) groups excluding carboxylic acids is 1. The van der Waals surface area contributed by atoms with E-state index < -0.39 is 0 Å². The second-order valence-corrected chi connectivity index (χ2v) is 6.26. The third-order valence-electron chi connectivity index (χ3n) is 4.04. The molecule has 1 aromatic carbocycles. The van der Waals surface area contributed by atoms with E-state index in [1.165, 1.54) is 22.2 Å². The summed E-state index contributed by atoms with van der Waals surface area (Å²) in [6.45, 7) is 6.56. The van der Waals surface area contributed by atoms with Crippen LogP contribution < -0.4 is 10.4 Å². The number of H-pyrrole nitrogens is 1. The molecule has 0 amide bonds. The summed E-state index contributed by atoms with van der Waals surface area (Å²) in [6.07, 6.45) is 1.44. The van der Waals surface area contributed by atoms with Crippen LogP contribution in [0, 0.1) is 6.92 Å². The highest BCUT2D eigenvalue weighted by Gasteiger charge is 2.20. The highest BCUT2D eigenvalue weighted by molar-refractivity contribution is 7.16. The normalized spacial score (nSPS) is 11.3. The number of aromatic amines is 1. The average Bonchev–Trinajstić information content (AvgIpc) is 3.06. The van der Waals surface area contributed by atoms with Crippen LogP contribution in [0.4, 0.5) is 0 Å². The van der Waals surface area contributed by atoms with Gasteiger partial charge in [-0.3, -0.25) is 23.6 Å². The van der Waals surface area contributed by atoms with Crippen LogP contribution in [0.25, 0.3) is 10.2 Å². The van der Waals surface area contributed by atoms with Crippen LogP contribution in [0.1, 0.15) is 35.3 Å². The average molecular weight is 331 g/mol. The van der Waals surface area contributed by atoms with Gasteiger partial charge in [-0.15, -0.1) is 0 Å². The Morgan fingerprint density at radius 3 is 2.52 bits per heavy atom. The molecule has 23 heavy (non-hydrogen) atoms. The number of aryl methyl sites for hydroxylation is 3. The van der Waals surface area contributed by atoms with Crippen molar-refractivity contribution in [2.75, 3.05) is 0 Å². The first kappa shape index (κ1) is 15.5. The molecule has 0 unspecified atom stereocenters. The molecule has 0 radical (unpaired) electrons. The molecule has 0 spiro atoms. The Bertz CT molecular complexity index is 1020. The van der Waals surface area contributed by atoms with Gasteiger partial charge in [0.25, 0.3) is 5.56 Å². The Morgan fingerprint density at radius 1 is 1.17 bits per heavy atom. The minimum atomic E-state index is -0.324. The lowest BCUT2D eigenvalue weighted by Crippen LogP contribution is -2.21. The molecule has 2 aromatic heterocycles. The maximum Gasteiger partial charge on any atom is 0.308 e. The van der Waals surface area contributed by atoms with E-state index in [9.17, 15) is 14.4 Å². The smallest absolute Gasteiger partial charge is 0.302 e. The fourth-order valence-corrected chi connectivity index (χ4v) is 3.83. The summed E-state index contributed by atoms with van der Waals surface area (Å²) in [6, 6.07) is 3.47. The van der Waals surface area contributed by atoms with Crippen LogP contribution in [-0.4, -0.2) is 20.1 Å². The number of thiazole rings is 1. The quantitative estimate of drug-likeness (QED) is 0.744. The maximum absolute atomic E-state index is 12.8. The monoisotopic (exact) mass is 331 g/mol. The molecule has 0 atom stereocenters. The van der Waals surface area contributed by atoms with Crippen molar-refractivity contribution in [1.82, 2.24) is 14.3 Å². The molecule has 0 aliphatic carbocycles. The largest absolute Gasteiger partial charge is 0.308 e. The van der Waals surface area contributed by atoms with Crippen molar-refractivity contribution in [2.24, 2.45) is 0 Å². The molecular formula is C16H17N3O3S. The number of nitrogens with one attached hydrogen (secondary N) is 1. The van der Waals surface area contributed by atoms with Gasteiger partial charge in [0.1, 0.15) is 5.56 Å². The van der Waals surface area contributed by atoms with Crippen LogP contribution in [0.15, 0.2) is 27.9 Å². The highest BCUT2D eigenvalue weighted by atomic mass is 32.1. The molecule has 0 aliphatic rings. The van der Waals surface area contributed by atoms with Crippen LogP contribution in [-0.2, 0) is 13.1 Å². The first-order chi connectivity index (χ1) is 11.0. The van der Waals surface area contributed by atoms with Crippen LogP contribution in [0.2, 0.25) is 0 Å². The number of rotatable bonds is 4. The Morgan fingerprint density at radius 2 is 1.91 bits per heavy atom. The van der Waals surface area contributed by atoms with Gasteiger partial charge in [0.2, 0.25) is 5.78 Å². The second-order valence-electron chi connectivity index (χ2n) is 5.26. The summed E-state index contributed by atoms with van der Waals surface area (Å²) in [5.74, 6) is -0.320. The van der Waals surface area contributed by atoms with Gasteiger partial charge in [-0.25, -0.2) is 0 Å². The topological polar surface area (TPSA) is 76.9 Å². The van der Waals surface area contributed by atoms with Crippen molar-refractivity contribution in [3.05, 3.63) is 55.0 Å². The number of fused-ring (bicyclic) bond motifs is 1. The standard InChI is InChI=1S/C16H17N3O3S/c1-4-18-13-9(3)10(6-7-12(13)23-16(18)22)14(20)11-8-17-19(5-2)15(11)21/h6-8,17H,4-5H2,1-3H3. The first-order valence-electron chi connectivity index (χ1n) is 7.45. The molecule has 120 valence electrons. The van der Waals surface area contributed by atoms with Gasteiger partial charge in [0, 0.05) is 24.8 Å². The van der Waals surface area contributed by atoms with Crippen molar-refractivity contribution >= 4 is 27.3 Å². The van der Waals surface area contributed by atoms with Crippen LogP contribution >= 0.6 is 11.3 Å². The molecule has 0 saturated heterocycles. The molecule has 0 bridgehead atoms. The van der Waals surface area contributed by atoms with Gasteiger partial charge in [-0.2, -0.15) is 0 Å². The summed E-state index contributed by atoms with van der Waals surface area (Å²) in [5.41, 5.74) is 1.76. The van der Waals surface area contributed by atoms with E-state index in [-0.39, 0.29) is 21.8 Å². The number of ketones is 1. The Balaban J connectivity index is 2.22. The molecule has 0 aliphatic heterocycles. The first-order valence-corrected chi connectivity index (χ1v) is 8.27. The zero-order valence-corrected chi connectivity index (χ0v) is 14.0. The third-order valence-corrected chi connectivity index (χ3v) is 4.99. The van der Waals surface area contributed by atoms with E-state index in [4.69, 9.17) is 0 Å². The van der Waals surface area contributed by atoms with E-state index in [0.717, 1.165) is 15.8 Å². The summed E-state index contributed by atoms with van der Waals surface area (Å²) in [4.78, 5) is 36.9. The molecule has 3 rings (SSSR count). The minimum absolute atomic E-state index is 0.0369. The van der Waals surface area contributed by atoms with Crippen molar-refractivity contribution in [2.45, 2.75) is 33.9 Å². The van der Waals surface area contributed by atoms with Gasteiger partial charge in [0.05, 0.1) is 10.2 Å². The zero-order valence-electron chi connectivity index (χ0n) is 13.2. The fourth-order valence-electron chi connectivity index (χ4n) is 2.82. The maximum atomic E-state index is 12.8. The van der Waals surface area contributed by atoms with E-state index >= 15 is 0 Å². The Labute approximate surface area is 136 Å². The number of carbonyl (C=O) groups is 1. The van der Waals surface area contributed by atoms with Crippen LogP contribution in [0.5, 0.6) is 0 Å². The highest BCUT2D eigenvalue weighted by Crippen LogP contribution is 2.25. The lowest BCUT2D eigenvalue weighted by atomic mass is 10.00. The number of hydrogen-bond donors (Lipinski definition) is 1.